The molecule has 120 valence electrons. The molecule has 8 nitrogen and oxygen atoms in total. The Morgan fingerprint density at radius 2 is 2.30 bits per heavy atom. The van der Waals surface area contributed by atoms with Crippen LogP contribution in [0.2, 0.25) is 0 Å². The molecule has 1 amide bonds. The number of hydrogen-bond donors (Lipinski definition) is 0. The van der Waals surface area contributed by atoms with Crippen LogP contribution in [0.15, 0.2) is 23.0 Å². The molecule has 2 aliphatic heterocycles. The summed E-state index contributed by atoms with van der Waals surface area (Å²) in [7, 11) is 0. The summed E-state index contributed by atoms with van der Waals surface area (Å²) in [5.74, 6) is 0.964. The summed E-state index contributed by atoms with van der Waals surface area (Å²) in [6, 6.07) is 0. The number of carbonyl (C=O) groups is 1. The standard InChI is InChI=1S/C15H17N5O3/c1-10-18-19-14(23-10)15-3-7-22-12(15)2-6-20(9-15)13(21)11-8-16-4-5-17-11/h4-5,8,12H,2-3,6-7,9H2,1H3/t12-,15-/m1/s1. The summed E-state index contributed by atoms with van der Waals surface area (Å²) in [5, 5.41) is 8.15. The van der Waals surface area contributed by atoms with Crippen LogP contribution in [-0.4, -0.2) is 56.8 Å². The third-order valence-electron chi connectivity index (χ3n) is 4.64. The molecule has 4 heterocycles. The normalized spacial score (nSPS) is 27.0. The molecule has 0 saturated carbocycles. The van der Waals surface area contributed by atoms with E-state index in [1.165, 1.54) is 12.4 Å². The Bertz CT molecular complexity index is 719. The second-order valence-corrected chi connectivity index (χ2v) is 6.00. The van der Waals surface area contributed by atoms with Gasteiger partial charge in [0.25, 0.3) is 5.91 Å². The Labute approximate surface area is 132 Å². The molecule has 23 heavy (non-hydrogen) atoms. The van der Waals surface area contributed by atoms with Gasteiger partial charge >= 0.3 is 0 Å². The fraction of sp³-hybridized carbons (Fsp3) is 0.533. The Kier molecular flexibility index (Phi) is 3.33. The van der Waals surface area contributed by atoms with Crippen LogP contribution in [0, 0.1) is 6.92 Å². The van der Waals surface area contributed by atoms with E-state index in [1.807, 2.05) is 0 Å². The lowest BCUT2D eigenvalue weighted by molar-refractivity contribution is 0.00944. The van der Waals surface area contributed by atoms with Gasteiger partial charge in [-0.25, -0.2) is 4.98 Å². The minimum absolute atomic E-state index is 0.00765. The van der Waals surface area contributed by atoms with E-state index in [2.05, 4.69) is 20.2 Å². The van der Waals surface area contributed by atoms with Crippen molar-refractivity contribution in [1.29, 1.82) is 0 Å². The van der Waals surface area contributed by atoms with E-state index in [1.54, 1.807) is 18.0 Å². The number of nitrogens with zero attached hydrogens (tertiary/aromatic N) is 5. The minimum atomic E-state index is -0.419. The molecule has 4 rings (SSSR count). The molecule has 0 N–H and O–H groups in total. The average molecular weight is 315 g/mol. The van der Waals surface area contributed by atoms with Crippen molar-refractivity contribution >= 4 is 5.91 Å². The largest absolute Gasteiger partial charge is 0.425 e. The van der Waals surface area contributed by atoms with Crippen molar-refractivity contribution in [2.24, 2.45) is 0 Å². The lowest BCUT2D eigenvalue weighted by atomic mass is 9.76. The molecular weight excluding hydrogens is 298 g/mol. The number of amides is 1. The number of carbonyl (C=O) groups excluding carboxylic acids is 1. The highest BCUT2D eigenvalue weighted by molar-refractivity contribution is 5.92. The Balaban J connectivity index is 1.65. The summed E-state index contributed by atoms with van der Waals surface area (Å²) >= 11 is 0. The van der Waals surface area contributed by atoms with Gasteiger partial charge in [0.15, 0.2) is 0 Å². The first-order chi connectivity index (χ1) is 11.2. The van der Waals surface area contributed by atoms with Crippen molar-refractivity contribution in [1.82, 2.24) is 25.1 Å². The third kappa shape index (κ3) is 2.29. The molecule has 2 aromatic rings. The summed E-state index contributed by atoms with van der Waals surface area (Å²) < 4.78 is 11.6. The molecule has 8 heteroatoms. The van der Waals surface area contributed by atoms with Crippen LogP contribution < -0.4 is 0 Å². The number of aromatic nitrogens is 4. The van der Waals surface area contributed by atoms with Crippen LogP contribution in [0.25, 0.3) is 0 Å². The summed E-state index contributed by atoms with van der Waals surface area (Å²) in [6.45, 7) is 3.52. The Morgan fingerprint density at radius 3 is 3.04 bits per heavy atom. The average Bonchev–Trinajstić information content (AvgIpc) is 3.21. The molecule has 0 radical (unpaired) electrons. The first kappa shape index (κ1) is 14.3. The van der Waals surface area contributed by atoms with Gasteiger partial charge in [-0.3, -0.25) is 9.78 Å². The predicted molar refractivity (Wildman–Crippen MR) is 77.6 cm³/mol. The summed E-state index contributed by atoms with van der Waals surface area (Å²) in [5.41, 5.74) is -0.0704. The molecular formula is C15H17N5O3. The van der Waals surface area contributed by atoms with Gasteiger partial charge < -0.3 is 14.1 Å². The van der Waals surface area contributed by atoms with Gasteiger partial charge in [-0.1, -0.05) is 0 Å². The van der Waals surface area contributed by atoms with Crippen molar-refractivity contribution in [2.45, 2.75) is 31.3 Å². The predicted octanol–water partition coefficient (Wildman–Crippen LogP) is 0.741. The molecule has 2 aromatic heterocycles. The van der Waals surface area contributed by atoms with E-state index < -0.39 is 5.41 Å². The highest BCUT2D eigenvalue weighted by Crippen LogP contribution is 2.43. The van der Waals surface area contributed by atoms with Crippen LogP contribution in [-0.2, 0) is 10.2 Å². The fourth-order valence-corrected chi connectivity index (χ4v) is 3.49. The topological polar surface area (TPSA) is 94.2 Å². The molecule has 2 fully saturated rings. The first-order valence-electron chi connectivity index (χ1n) is 7.66. The highest BCUT2D eigenvalue weighted by atomic mass is 16.5. The molecule has 2 atom stereocenters. The molecule has 0 aromatic carbocycles. The number of aryl methyl sites for hydroxylation is 1. The molecule has 0 spiro atoms. The number of likely N-dealkylation sites (tertiary alicyclic amines) is 1. The van der Waals surface area contributed by atoms with Gasteiger partial charge in [0.2, 0.25) is 11.8 Å². The van der Waals surface area contributed by atoms with Crippen molar-refractivity contribution in [3.63, 3.8) is 0 Å². The van der Waals surface area contributed by atoms with Crippen LogP contribution in [0.4, 0.5) is 0 Å². The van der Waals surface area contributed by atoms with Gasteiger partial charge in [0.05, 0.1) is 17.7 Å². The van der Waals surface area contributed by atoms with Crippen molar-refractivity contribution in [3.8, 4) is 0 Å². The van der Waals surface area contributed by atoms with Gasteiger partial charge in [-0.2, -0.15) is 0 Å². The van der Waals surface area contributed by atoms with Crippen LogP contribution >= 0.6 is 0 Å². The Morgan fingerprint density at radius 1 is 1.39 bits per heavy atom. The van der Waals surface area contributed by atoms with E-state index in [4.69, 9.17) is 9.15 Å². The third-order valence-corrected chi connectivity index (χ3v) is 4.64. The van der Waals surface area contributed by atoms with Gasteiger partial charge in [-0.15, -0.1) is 10.2 Å². The quantitative estimate of drug-likeness (QED) is 0.806. The second kappa shape index (κ2) is 5.38. The lowest BCUT2D eigenvalue weighted by Crippen LogP contribution is -2.54. The minimum Gasteiger partial charge on any atom is -0.425 e. The highest BCUT2D eigenvalue weighted by Gasteiger charge is 2.53. The van der Waals surface area contributed by atoms with E-state index >= 15 is 0 Å². The summed E-state index contributed by atoms with van der Waals surface area (Å²) in [6.07, 6.45) is 6.08. The molecule has 0 aliphatic carbocycles. The zero-order valence-corrected chi connectivity index (χ0v) is 12.8. The van der Waals surface area contributed by atoms with Gasteiger partial charge in [0, 0.05) is 39.0 Å². The maximum Gasteiger partial charge on any atom is 0.274 e. The first-order valence-corrected chi connectivity index (χ1v) is 7.66. The monoisotopic (exact) mass is 315 g/mol. The second-order valence-electron chi connectivity index (χ2n) is 6.00. The molecule has 2 aliphatic rings. The lowest BCUT2D eigenvalue weighted by Gasteiger charge is -2.41. The van der Waals surface area contributed by atoms with Crippen LogP contribution in [0.3, 0.4) is 0 Å². The SMILES string of the molecule is Cc1nnc([C@@]23CCO[C@@H]2CCN(C(=O)c2cnccn2)C3)o1. The molecule has 2 saturated heterocycles. The Hall–Kier alpha value is -2.35. The number of piperidine rings is 1. The van der Waals surface area contributed by atoms with Crippen molar-refractivity contribution < 1.29 is 13.9 Å². The van der Waals surface area contributed by atoms with Gasteiger partial charge in [-0.05, 0) is 12.8 Å². The fourth-order valence-electron chi connectivity index (χ4n) is 3.49. The van der Waals surface area contributed by atoms with E-state index in [9.17, 15) is 4.79 Å². The summed E-state index contributed by atoms with van der Waals surface area (Å²) in [4.78, 5) is 22.5. The van der Waals surface area contributed by atoms with Crippen LogP contribution in [0.5, 0.6) is 0 Å². The van der Waals surface area contributed by atoms with E-state index in [-0.39, 0.29) is 12.0 Å². The van der Waals surface area contributed by atoms with Crippen molar-refractivity contribution in [3.05, 3.63) is 36.1 Å². The maximum absolute atomic E-state index is 12.7. The maximum atomic E-state index is 12.7. The number of rotatable bonds is 2. The van der Waals surface area contributed by atoms with Crippen LogP contribution in [0.1, 0.15) is 35.1 Å². The molecule has 0 bridgehead atoms. The van der Waals surface area contributed by atoms with Crippen molar-refractivity contribution in [2.75, 3.05) is 19.7 Å². The van der Waals surface area contributed by atoms with Gasteiger partial charge in [0.1, 0.15) is 5.69 Å². The van der Waals surface area contributed by atoms with E-state index in [0.29, 0.717) is 37.2 Å². The zero-order chi connectivity index (χ0) is 15.9. The smallest absolute Gasteiger partial charge is 0.274 e. The molecule has 0 unspecified atom stereocenters. The number of ether oxygens (including phenoxy) is 1. The zero-order valence-electron chi connectivity index (χ0n) is 12.8. The number of fused-ring (bicyclic) bond motifs is 1. The number of hydrogen-bond acceptors (Lipinski definition) is 7. The van der Waals surface area contributed by atoms with E-state index in [0.717, 1.165) is 12.8 Å².